The summed E-state index contributed by atoms with van der Waals surface area (Å²) in [6.07, 6.45) is 5.89. The summed E-state index contributed by atoms with van der Waals surface area (Å²) in [6.45, 7) is 6.10. The molecule has 0 aliphatic carbocycles. The number of benzene rings is 2. The largest absolute Gasteiger partial charge is 0.444 e. The van der Waals surface area contributed by atoms with Crippen LogP contribution in [0, 0.1) is 0 Å². The number of alkyl carbamates (subject to hydrolysis) is 1. The van der Waals surface area contributed by atoms with Crippen molar-refractivity contribution in [1.29, 1.82) is 0 Å². The molecule has 52 heavy (non-hydrogen) atoms. The van der Waals surface area contributed by atoms with E-state index in [1.54, 1.807) is 30.1 Å². The molecule has 4 N–H and O–H groups in total. The van der Waals surface area contributed by atoms with Crippen molar-refractivity contribution in [3.63, 3.8) is 0 Å². The lowest BCUT2D eigenvalue weighted by atomic mass is 10.0. The Hall–Kier alpha value is -5.08. The van der Waals surface area contributed by atoms with Gasteiger partial charge in [-0.25, -0.2) is 14.6 Å². The minimum absolute atomic E-state index is 0.106. The Morgan fingerprint density at radius 3 is 2.08 bits per heavy atom. The van der Waals surface area contributed by atoms with Gasteiger partial charge in [0.1, 0.15) is 12.6 Å². The summed E-state index contributed by atoms with van der Waals surface area (Å²) < 4.78 is 5.45. The average molecular weight is 746 g/mol. The van der Waals surface area contributed by atoms with Crippen LogP contribution in [0.1, 0.15) is 59.8 Å². The zero-order valence-corrected chi connectivity index (χ0v) is 31.5. The maximum Gasteiger partial charge on any atom is 0.407 e. The van der Waals surface area contributed by atoms with Crippen molar-refractivity contribution in [2.75, 3.05) is 13.6 Å². The van der Waals surface area contributed by atoms with E-state index in [9.17, 15) is 19.2 Å². The Bertz CT molecular complexity index is 1730. The van der Waals surface area contributed by atoms with Crippen LogP contribution in [-0.4, -0.2) is 70.5 Å². The molecule has 4 rings (SSSR count). The second kappa shape index (κ2) is 20.7. The van der Waals surface area contributed by atoms with Gasteiger partial charge in [-0.05, 0) is 30.4 Å². The number of amides is 5. The third-order valence-electron chi connectivity index (χ3n) is 7.86. The van der Waals surface area contributed by atoms with Gasteiger partial charge in [0.25, 0.3) is 0 Å². The molecule has 5 amide bonds. The lowest BCUT2D eigenvalue weighted by Gasteiger charge is -2.25. The molecule has 0 saturated heterocycles. The van der Waals surface area contributed by atoms with Gasteiger partial charge in [-0.1, -0.05) is 86.7 Å². The smallest absolute Gasteiger partial charge is 0.407 e. The Morgan fingerprint density at radius 2 is 1.52 bits per heavy atom. The first-order chi connectivity index (χ1) is 25.0. The highest BCUT2D eigenvalue weighted by molar-refractivity contribution is 7.09. The topological polar surface area (TPSA) is 155 Å². The third-order valence-corrected chi connectivity index (χ3v) is 9.81. The van der Waals surface area contributed by atoms with Crippen LogP contribution in [0.5, 0.6) is 0 Å². The van der Waals surface area contributed by atoms with E-state index >= 15 is 0 Å². The van der Waals surface area contributed by atoms with E-state index in [0.29, 0.717) is 12.8 Å². The number of rotatable bonds is 18. The first kappa shape index (κ1) is 39.7. The average Bonchev–Trinajstić information content (AvgIpc) is 3.83. The van der Waals surface area contributed by atoms with E-state index in [1.165, 1.54) is 23.2 Å². The Balaban J connectivity index is 1.50. The van der Waals surface area contributed by atoms with Gasteiger partial charge in [-0.3, -0.25) is 14.6 Å². The molecule has 2 aromatic carbocycles. The maximum absolute atomic E-state index is 13.9. The molecule has 276 valence electrons. The Labute approximate surface area is 313 Å². The Morgan fingerprint density at radius 1 is 0.885 bits per heavy atom. The quantitative estimate of drug-likeness (QED) is 0.0970. The molecule has 12 nitrogen and oxygen atoms in total. The lowest BCUT2D eigenvalue weighted by molar-refractivity contribution is -0.124. The molecule has 4 aromatic rings. The molecule has 0 fully saturated rings. The fraction of sp³-hybridized carbons (Fsp3) is 0.368. The van der Waals surface area contributed by atoms with E-state index in [0.717, 1.165) is 26.7 Å². The monoisotopic (exact) mass is 745 g/mol. The van der Waals surface area contributed by atoms with Crippen molar-refractivity contribution in [1.82, 2.24) is 36.1 Å². The van der Waals surface area contributed by atoms with Crippen LogP contribution < -0.4 is 21.3 Å². The van der Waals surface area contributed by atoms with Crippen molar-refractivity contribution >= 4 is 46.6 Å². The van der Waals surface area contributed by atoms with Crippen LogP contribution in [0.15, 0.2) is 89.9 Å². The number of hydrogen-bond donors (Lipinski definition) is 4. The number of aromatic nitrogens is 2. The summed E-state index contributed by atoms with van der Waals surface area (Å²) in [5, 5.41) is 14.5. The maximum atomic E-state index is 13.9. The summed E-state index contributed by atoms with van der Waals surface area (Å²) >= 11 is 2.95. The minimum Gasteiger partial charge on any atom is -0.444 e. The number of carbonyl (C=O) groups excluding carboxylic acids is 4. The molecule has 0 bridgehead atoms. The zero-order chi connectivity index (χ0) is 37.3. The molecule has 0 spiro atoms. The van der Waals surface area contributed by atoms with Crippen LogP contribution in [0.3, 0.4) is 0 Å². The molecule has 0 radical (unpaired) electrons. The van der Waals surface area contributed by atoms with E-state index in [2.05, 4.69) is 45.1 Å². The highest BCUT2D eigenvalue weighted by atomic mass is 32.1. The predicted molar refractivity (Wildman–Crippen MR) is 204 cm³/mol. The highest BCUT2D eigenvalue weighted by Gasteiger charge is 2.25. The van der Waals surface area contributed by atoms with Crippen molar-refractivity contribution in [2.24, 2.45) is 0 Å². The zero-order valence-electron chi connectivity index (χ0n) is 29.9. The van der Waals surface area contributed by atoms with E-state index < -0.39 is 36.2 Å². The summed E-state index contributed by atoms with van der Waals surface area (Å²) in [6, 6.07) is 17.1. The second-order valence-corrected chi connectivity index (χ2v) is 14.5. The van der Waals surface area contributed by atoms with Crippen LogP contribution in [0.2, 0.25) is 0 Å². The van der Waals surface area contributed by atoms with Gasteiger partial charge in [-0.15, -0.1) is 22.7 Å². The SMILES string of the molecule is CC(=O)NCCC(NC(=O)N(C)Cc1csc(C(C)C)n1)C(=O)N[C@@H](/C=C/C(Cc1ccccc1)NC(=O)OCc1cncs1)Cc1ccccc1. The van der Waals surface area contributed by atoms with E-state index in [4.69, 9.17) is 4.74 Å². The van der Waals surface area contributed by atoms with E-state index in [1.807, 2.05) is 78.2 Å². The fourth-order valence-corrected chi connectivity index (χ4v) is 6.49. The van der Waals surface area contributed by atoms with Crippen LogP contribution >= 0.6 is 22.7 Å². The minimum atomic E-state index is -0.949. The molecule has 0 aliphatic rings. The molecule has 2 unspecified atom stereocenters. The van der Waals surface area contributed by atoms with Gasteiger partial charge in [0, 0.05) is 38.0 Å². The second-order valence-electron chi connectivity index (χ2n) is 12.6. The molecular weight excluding hydrogens is 699 g/mol. The number of nitrogens with zero attached hydrogens (tertiary/aromatic N) is 3. The molecule has 3 atom stereocenters. The molecular formula is C38H47N7O5S2. The standard InChI is InChI=1S/C38H47N7O5S2/c1-26(2)36-42-32(24-51-36)22-45(4)37(48)44-34(17-18-40-27(3)46)35(47)41-30(19-28-11-7-5-8-12-28)15-16-31(20-29-13-9-6-10-14-29)43-38(49)50-23-33-21-39-25-52-33/h5-16,21,24-26,30-31,34H,17-20,22-23H2,1-4H3,(H,40,46)(H,41,47)(H,43,49)(H,44,48)/b16-15+/t30-,31?,34?/m0/s1. The van der Waals surface area contributed by atoms with Gasteiger partial charge in [0.15, 0.2) is 0 Å². The molecule has 0 saturated carbocycles. The lowest BCUT2D eigenvalue weighted by Crippen LogP contribution is -2.53. The number of ether oxygens (including phenoxy) is 1. The summed E-state index contributed by atoms with van der Waals surface area (Å²) in [7, 11) is 1.65. The van der Waals surface area contributed by atoms with Crippen molar-refractivity contribution in [2.45, 2.75) is 77.2 Å². The molecule has 0 aliphatic heterocycles. The number of nitrogens with one attached hydrogen (secondary N) is 4. The van der Waals surface area contributed by atoms with Gasteiger partial charge >= 0.3 is 12.1 Å². The van der Waals surface area contributed by atoms with Gasteiger partial charge < -0.3 is 30.9 Å². The Kier molecular flexibility index (Phi) is 15.8. The number of hydrogen-bond acceptors (Lipinski definition) is 9. The number of urea groups is 1. The van der Waals surface area contributed by atoms with Gasteiger partial charge in [-0.2, -0.15) is 0 Å². The first-order valence-electron chi connectivity index (χ1n) is 17.1. The first-order valence-corrected chi connectivity index (χ1v) is 18.9. The number of carbonyl (C=O) groups is 4. The highest BCUT2D eigenvalue weighted by Crippen LogP contribution is 2.20. The predicted octanol–water partition coefficient (Wildman–Crippen LogP) is 5.58. The summed E-state index contributed by atoms with van der Waals surface area (Å²) in [5.41, 5.74) is 4.44. The van der Waals surface area contributed by atoms with Crippen molar-refractivity contribution < 1.29 is 23.9 Å². The third kappa shape index (κ3) is 13.9. The molecule has 14 heteroatoms. The van der Waals surface area contributed by atoms with Crippen molar-refractivity contribution in [3.8, 4) is 0 Å². The number of thiazole rings is 2. The van der Waals surface area contributed by atoms with Crippen LogP contribution in [0.25, 0.3) is 0 Å². The summed E-state index contributed by atoms with van der Waals surface area (Å²) in [5.74, 6) is -0.366. The van der Waals surface area contributed by atoms with Crippen molar-refractivity contribution in [3.05, 3.63) is 117 Å². The van der Waals surface area contributed by atoms with Gasteiger partial charge in [0.2, 0.25) is 11.8 Å². The van der Waals surface area contributed by atoms with Crippen LogP contribution in [-0.2, 0) is 40.3 Å². The molecule has 2 aromatic heterocycles. The van der Waals surface area contributed by atoms with Crippen LogP contribution in [0.4, 0.5) is 9.59 Å². The molecule has 2 heterocycles. The summed E-state index contributed by atoms with van der Waals surface area (Å²) in [4.78, 5) is 62.7. The normalized spacial score (nSPS) is 12.9. The van der Waals surface area contributed by atoms with E-state index in [-0.39, 0.29) is 37.9 Å². The van der Waals surface area contributed by atoms with Gasteiger partial charge in [0.05, 0.1) is 39.7 Å². The fourth-order valence-electron chi connectivity index (χ4n) is 5.16.